The summed E-state index contributed by atoms with van der Waals surface area (Å²) in [5.41, 5.74) is 1.47. The number of nitrogens with zero attached hydrogens (tertiary/aromatic N) is 1. The van der Waals surface area contributed by atoms with Gasteiger partial charge in [0.1, 0.15) is 0 Å². The Morgan fingerprint density at radius 2 is 1.94 bits per heavy atom. The first kappa shape index (κ1) is 22.9. The van der Waals surface area contributed by atoms with Crippen molar-refractivity contribution < 1.29 is 23.9 Å². The van der Waals surface area contributed by atoms with Crippen molar-refractivity contribution in [2.24, 2.45) is 0 Å². The van der Waals surface area contributed by atoms with Gasteiger partial charge in [-0.25, -0.2) is 9.59 Å². The van der Waals surface area contributed by atoms with Crippen LogP contribution in [0.1, 0.15) is 60.8 Å². The first-order valence-electron chi connectivity index (χ1n) is 11.9. The molecule has 9 heteroatoms. The van der Waals surface area contributed by atoms with E-state index in [4.69, 9.17) is 4.74 Å². The van der Waals surface area contributed by atoms with Crippen LogP contribution in [0.25, 0.3) is 0 Å². The molecule has 2 unspecified atom stereocenters. The molecule has 9 nitrogen and oxygen atoms in total. The number of anilines is 1. The Hall–Kier alpha value is -3.88. The molecule has 182 valence electrons. The van der Waals surface area contributed by atoms with E-state index in [0.717, 1.165) is 30.4 Å². The summed E-state index contributed by atoms with van der Waals surface area (Å²) in [5, 5.41) is 7.47. The molecule has 1 aliphatic carbocycles. The third-order valence-electron chi connectivity index (χ3n) is 7.22. The van der Waals surface area contributed by atoms with E-state index in [1.165, 1.54) is 7.05 Å². The SMILES string of the molecule is CNC(=O)Nc1ccc2c(c1)C(CC(=O)N1CCCC[C@H]1c1ccccc1)CC21OC(=O)NC1=O. The molecule has 2 fully saturated rings. The minimum absolute atomic E-state index is 0.000878. The monoisotopic (exact) mass is 476 g/mol. The van der Waals surface area contributed by atoms with E-state index < -0.39 is 17.6 Å². The summed E-state index contributed by atoms with van der Waals surface area (Å²) in [7, 11) is 1.52. The van der Waals surface area contributed by atoms with Crippen LogP contribution in [0.4, 0.5) is 15.3 Å². The highest BCUT2D eigenvalue weighted by molar-refractivity contribution is 6.04. The number of hydrogen-bond acceptors (Lipinski definition) is 5. The average molecular weight is 477 g/mol. The molecule has 3 atom stereocenters. The Labute approximate surface area is 203 Å². The van der Waals surface area contributed by atoms with Crippen LogP contribution >= 0.6 is 0 Å². The number of ether oxygens (including phenoxy) is 1. The summed E-state index contributed by atoms with van der Waals surface area (Å²) < 4.78 is 5.51. The predicted molar refractivity (Wildman–Crippen MR) is 128 cm³/mol. The highest BCUT2D eigenvalue weighted by Gasteiger charge is 2.57. The van der Waals surface area contributed by atoms with Gasteiger partial charge in [0.05, 0.1) is 6.04 Å². The van der Waals surface area contributed by atoms with Gasteiger partial charge >= 0.3 is 12.1 Å². The van der Waals surface area contributed by atoms with E-state index in [2.05, 4.69) is 28.1 Å². The van der Waals surface area contributed by atoms with Crippen LogP contribution in [0, 0.1) is 0 Å². The number of benzene rings is 2. The van der Waals surface area contributed by atoms with E-state index in [1.807, 2.05) is 23.1 Å². The summed E-state index contributed by atoms with van der Waals surface area (Å²) in [4.78, 5) is 52.2. The van der Waals surface area contributed by atoms with E-state index in [1.54, 1.807) is 18.2 Å². The molecule has 5 rings (SSSR count). The lowest BCUT2D eigenvalue weighted by atomic mass is 9.91. The fourth-order valence-corrected chi connectivity index (χ4v) is 5.60. The quantitative estimate of drug-likeness (QED) is 0.624. The zero-order chi connectivity index (χ0) is 24.6. The summed E-state index contributed by atoms with van der Waals surface area (Å²) in [6.07, 6.45) is 2.47. The number of carbonyl (C=O) groups is 4. The molecule has 2 saturated heterocycles. The summed E-state index contributed by atoms with van der Waals surface area (Å²) >= 11 is 0. The van der Waals surface area contributed by atoms with Gasteiger partial charge in [-0.05, 0) is 48.4 Å². The van der Waals surface area contributed by atoms with E-state index >= 15 is 0 Å². The molecular weight excluding hydrogens is 448 g/mol. The van der Waals surface area contributed by atoms with Gasteiger partial charge in [0.25, 0.3) is 5.91 Å². The van der Waals surface area contributed by atoms with Gasteiger partial charge in [-0.15, -0.1) is 0 Å². The number of piperidine rings is 1. The number of imide groups is 1. The van der Waals surface area contributed by atoms with Crippen molar-refractivity contribution in [2.75, 3.05) is 18.9 Å². The zero-order valence-corrected chi connectivity index (χ0v) is 19.5. The second-order valence-corrected chi connectivity index (χ2v) is 9.29. The fraction of sp³-hybridized carbons (Fsp3) is 0.385. The maximum atomic E-state index is 13.6. The van der Waals surface area contributed by atoms with Crippen molar-refractivity contribution in [2.45, 2.75) is 49.7 Å². The molecule has 2 aromatic carbocycles. The third kappa shape index (κ3) is 4.11. The van der Waals surface area contributed by atoms with Crippen molar-refractivity contribution in [1.29, 1.82) is 0 Å². The Kier molecular flexibility index (Phi) is 5.92. The van der Waals surface area contributed by atoms with Gasteiger partial charge in [-0.1, -0.05) is 36.4 Å². The third-order valence-corrected chi connectivity index (χ3v) is 7.22. The number of likely N-dealkylation sites (tertiary alicyclic amines) is 1. The Morgan fingerprint density at radius 3 is 2.66 bits per heavy atom. The van der Waals surface area contributed by atoms with Crippen LogP contribution < -0.4 is 16.0 Å². The van der Waals surface area contributed by atoms with Crippen LogP contribution in [0.2, 0.25) is 0 Å². The number of hydrogen-bond donors (Lipinski definition) is 3. The lowest BCUT2D eigenvalue weighted by Crippen LogP contribution is -2.39. The Bertz CT molecular complexity index is 1180. The molecule has 0 saturated carbocycles. The molecule has 0 radical (unpaired) electrons. The highest BCUT2D eigenvalue weighted by atomic mass is 16.6. The Morgan fingerprint density at radius 1 is 1.14 bits per heavy atom. The van der Waals surface area contributed by atoms with E-state index in [0.29, 0.717) is 17.8 Å². The van der Waals surface area contributed by atoms with Crippen molar-refractivity contribution in [3.05, 3.63) is 65.2 Å². The lowest BCUT2D eigenvalue weighted by molar-refractivity contribution is -0.137. The van der Waals surface area contributed by atoms with Crippen molar-refractivity contribution in [3.63, 3.8) is 0 Å². The van der Waals surface area contributed by atoms with Crippen LogP contribution in [0.15, 0.2) is 48.5 Å². The van der Waals surface area contributed by atoms with Gasteiger partial charge in [-0.3, -0.25) is 14.9 Å². The molecule has 1 spiro atoms. The van der Waals surface area contributed by atoms with Crippen LogP contribution in [-0.2, 0) is 19.9 Å². The number of nitrogens with one attached hydrogen (secondary N) is 3. The number of amides is 5. The van der Waals surface area contributed by atoms with E-state index in [-0.39, 0.29) is 36.7 Å². The largest absolute Gasteiger partial charge is 0.427 e. The number of alkyl carbamates (subject to hydrolysis) is 1. The maximum Gasteiger partial charge on any atom is 0.415 e. The van der Waals surface area contributed by atoms with Gasteiger partial charge in [-0.2, -0.15) is 0 Å². The van der Waals surface area contributed by atoms with Gasteiger partial charge in [0.15, 0.2) is 0 Å². The molecular formula is C26H28N4O5. The van der Waals surface area contributed by atoms with Crippen LogP contribution in [0.5, 0.6) is 0 Å². The van der Waals surface area contributed by atoms with Crippen LogP contribution in [0.3, 0.4) is 0 Å². The second kappa shape index (κ2) is 9.05. The van der Waals surface area contributed by atoms with Gasteiger partial charge < -0.3 is 20.3 Å². The smallest absolute Gasteiger partial charge is 0.415 e. The second-order valence-electron chi connectivity index (χ2n) is 9.29. The van der Waals surface area contributed by atoms with Crippen LogP contribution in [-0.4, -0.2) is 42.4 Å². The molecule has 2 aromatic rings. The normalized spacial score (nSPS) is 25.1. The lowest BCUT2D eigenvalue weighted by Gasteiger charge is -2.37. The fourth-order valence-electron chi connectivity index (χ4n) is 5.60. The van der Waals surface area contributed by atoms with Crippen molar-refractivity contribution >= 4 is 29.6 Å². The molecule has 2 heterocycles. The molecule has 2 aliphatic heterocycles. The topological polar surface area (TPSA) is 117 Å². The Balaban J connectivity index is 1.45. The minimum Gasteiger partial charge on any atom is -0.427 e. The number of fused-ring (bicyclic) bond motifs is 2. The standard InChI is InChI=1S/C26H28N4O5/c1-27-24(33)28-18-10-11-20-19(14-18)17(15-26(20)23(32)29-25(34)35-26)13-22(31)30-12-6-5-9-21(30)16-7-3-2-4-8-16/h2-4,7-8,10-11,14,17,21H,5-6,9,12-13,15H2,1H3,(H2,27,28,33)(H,29,32,34)/t17?,21-,26?/m0/s1. The maximum absolute atomic E-state index is 13.6. The highest BCUT2D eigenvalue weighted by Crippen LogP contribution is 2.51. The first-order valence-corrected chi connectivity index (χ1v) is 11.9. The van der Waals surface area contributed by atoms with E-state index in [9.17, 15) is 19.2 Å². The minimum atomic E-state index is -1.45. The molecule has 3 aliphatic rings. The molecule has 3 N–H and O–H groups in total. The summed E-state index contributed by atoms with van der Waals surface area (Å²) in [5.74, 6) is -0.870. The predicted octanol–water partition coefficient (Wildman–Crippen LogP) is 3.53. The average Bonchev–Trinajstić information content (AvgIpc) is 3.33. The number of carbonyl (C=O) groups excluding carboxylic acids is 4. The van der Waals surface area contributed by atoms with Crippen molar-refractivity contribution in [1.82, 2.24) is 15.5 Å². The summed E-state index contributed by atoms with van der Waals surface area (Å²) in [6, 6.07) is 14.8. The van der Waals surface area contributed by atoms with Gasteiger partial charge in [0.2, 0.25) is 11.5 Å². The molecule has 0 bridgehead atoms. The van der Waals surface area contributed by atoms with Crippen molar-refractivity contribution in [3.8, 4) is 0 Å². The molecule has 5 amide bonds. The number of rotatable bonds is 4. The summed E-state index contributed by atoms with van der Waals surface area (Å²) in [6.45, 7) is 0.677. The van der Waals surface area contributed by atoms with Gasteiger partial charge in [0, 0.05) is 37.7 Å². The number of urea groups is 1. The zero-order valence-electron chi connectivity index (χ0n) is 19.5. The molecule has 35 heavy (non-hydrogen) atoms. The molecule has 0 aromatic heterocycles. The first-order chi connectivity index (χ1) is 16.9.